The van der Waals surface area contributed by atoms with Gasteiger partial charge in [-0.15, -0.1) is 0 Å². The van der Waals surface area contributed by atoms with Gasteiger partial charge in [0.1, 0.15) is 4.99 Å². The predicted molar refractivity (Wildman–Crippen MR) is 71.1 cm³/mol. The Hall–Kier alpha value is -1.01. The normalized spacial score (nSPS) is 13.2. The molecule has 2 nitrogen and oxygen atoms in total. The summed E-state index contributed by atoms with van der Waals surface area (Å²) >= 11 is 10.7. The van der Waals surface area contributed by atoms with Gasteiger partial charge in [0.15, 0.2) is 0 Å². The lowest BCUT2D eigenvalue weighted by Gasteiger charge is -2.17. The quantitative estimate of drug-likeness (QED) is 0.832. The highest BCUT2D eigenvalue weighted by Gasteiger charge is 2.29. The maximum absolute atomic E-state index is 12.2. The van der Waals surface area contributed by atoms with E-state index >= 15 is 0 Å². The molecule has 7 heteroatoms. The van der Waals surface area contributed by atoms with Crippen molar-refractivity contribution in [3.63, 3.8) is 0 Å². The van der Waals surface area contributed by atoms with Crippen molar-refractivity contribution < 1.29 is 13.2 Å². The maximum Gasteiger partial charge on any atom is 0.391 e. The molecule has 0 amide bonds. The molecule has 0 spiro atoms. The van der Waals surface area contributed by atoms with E-state index in [1.165, 1.54) is 13.0 Å². The lowest BCUT2D eigenvalue weighted by atomic mass is 10.1. The second-order valence-corrected chi connectivity index (χ2v) is 4.77. The average molecular weight is 297 g/mol. The molecule has 100 valence electrons. The van der Waals surface area contributed by atoms with E-state index in [4.69, 9.17) is 29.6 Å². The highest BCUT2D eigenvalue weighted by molar-refractivity contribution is 7.80. The van der Waals surface area contributed by atoms with Gasteiger partial charge in [-0.05, 0) is 25.1 Å². The fraction of sp³-hybridized carbons (Fsp3) is 0.364. The van der Waals surface area contributed by atoms with Crippen LogP contribution in [0.4, 0.5) is 18.9 Å². The number of thiocarbonyl (C=S) groups is 1. The van der Waals surface area contributed by atoms with Crippen molar-refractivity contribution in [2.75, 3.05) is 5.32 Å². The van der Waals surface area contributed by atoms with Gasteiger partial charge in [0.05, 0.1) is 11.4 Å². The molecule has 1 unspecified atom stereocenters. The van der Waals surface area contributed by atoms with Crippen LogP contribution in [0.2, 0.25) is 5.02 Å². The SMILES string of the molecule is CC(CC(F)(F)F)Nc1ccc(C(N)=S)c(Cl)c1. The number of benzene rings is 1. The summed E-state index contributed by atoms with van der Waals surface area (Å²) in [5.41, 5.74) is 6.42. The second-order valence-electron chi connectivity index (χ2n) is 3.92. The summed E-state index contributed by atoms with van der Waals surface area (Å²) < 4.78 is 36.5. The molecule has 0 saturated carbocycles. The van der Waals surface area contributed by atoms with E-state index in [-0.39, 0.29) is 4.99 Å². The second kappa shape index (κ2) is 5.75. The molecule has 3 N–H and O–H groups in total. The topological polar surface area (TPSA) is 38.0 Å². The summed E-state index contributed by atoms with van der Waals surface area (Å²) in [6, 6.07) is 3.93. The highest BCUT2D eigenvalue weighted by Crippen LogP contribution is 2.25. The standard InChI is InChI=1S/C11H12ClF3N2S/c1-6(5-11(13,14)15)17-7-2-3-8(10(16)18)9(12)4-7/h2-4,6,17H,5H2,1H3,(H2,16,18). The van der Waals surface area contributed by atoms with Crippen LogP contribution in [0.1, 0.15) is 18.9 Å². The van der Waals surface area contributed by atoms with E-state index in [1.807, 2.05) is 0 Å². The minimum Gasteiger partial charge on any atom is -0.389 e. The van der Waals surface area contributed by atoms with Crippen molar-refractivity contribution in [3.8, 4) is 0 Å². The van der Waals surface area contributed by atoms with E-state index in [0.717, 1.165) is 0 Å². The van der Waals surface area contributed by atoms with Crippen molar-refractivity contribution in [1.82, 2.24) is 0 Å². The van der Waals surface area contributed by atoms with Gasteiger partial charge in [0.2, 0.25) is 0 Å². The molecule has 0 fully saturated rings. The Labute approximate surface area is 113 Å². The van der Waals surface area contributed by atoms with Crippen molar-refractivity contribution >= 4 is 34.5 Å². The van der Waals surface area contributed by atoms with Gasteiger partial charge in [-0.25, -0.2) is 0 Å². The average Bonchev–Trinajstić information content (AvgIpc) is 2.13. The lowest BCUT2D eigenvalue weighted by Crippen LogP contribution is -2.23. The first-order chi connectivity index (χ1) is 8.19. The largest absolute Gasteiger partial charge is 0.391 e. The fourth-order valence-electron chi connectivity index (χ4n) is 1.49. The molecule has 0 aliphatic heterocycles. The van der Waals surface area contributed by atoms with Crippen molar-refractivity contribution in [3.05, 3.63) is 28.8 Å². The van der Waals surface area contributed by atoms with E-state index < -0.39 is 18.6 Å². The van der Waals surface area contributed by atoms with E-state index in [2.05, 4.69) is 5.32 Å². The Morgan fingerprint density at radius 2 is 2.11 bits per heavy atom. The molecule has 0 radical (unpaired) electrons. The number of halogens is 4. The molecule has 0 aromatic heterocycles. The third kappa shape index (κ3) is 4.70. The molecule has 1 rings (SSSR count). The van der Waals surface area contributed by atoms with Crippen LogP contribution in [0.15, 0.2) is 18.2 Å². The van der Waals surface area contributed by atoms with Gasteiger partial charge in [0.25, 0.3) is 0 Å². The van der Waals surface area contributed by atoms with Crippen LogP contribution in [0.3, 0.4) is 0 Å². The van der Waals surface area contributed by atoms with Crippen LogP contribution >= 0.6 is 23.8 Å². The molecule has 0 aliphatic carbocycles. The molecule has 18 heavy (non-hydrogen) atoms. The molecule has 1 aromatic carbocycles. The van der Waals surface area contributed by atoms with Gasteiger partial charge < -0.3 is 11.1 Å². The minimum atomic E-state index is -4.20. The van der Waals surface area contributed by atoms with Crippen LogP contribution in [0.25, 0.3) is 0 Å². The molecular weight excluding hydrogens is 285 g/mol. The smallest absolute Gasteiger partial charge is 0.389 e. The number of rotatable bonds is 4. The summed E-state index contributed by atoms with van der Waals surface area (Å²) in [5.74, 6) is 0. The first kappa shape index (κ1) is 15.0. The summed E-state index contributed by atoms with van der Waals surface area (Å²) in [7, 11) is 0. The lowest BCUT2D eigenvalue weighted by molar-refractivity contribution is -0.136. The zero-order chi connectivity index (χ0) is 13.9. The van der Waals surface area contributed by atoms with Crippen LogP contribution in [-0.2, 0) is 0 Å². The van der Waals surface area contributed by atoms with Gasteiger partial charge in [-0.1, -0.05) is 23.8 Å². The van der Waals surface area contributed by atoms with Crippen molar-refractivity contribution in [2.45, 2.75) is 25.6 Å². The Morgan fingerprint density at radius 1 is 1.50 bits per heavy atom. The van der Waals surface area contributed by atoms with Crippen molar-refractivity contribution in [2.24, 2.45) is 5.73 Å². The van der Waals surface area contributed by atoms with Crippen LogP contribution in [-0.4, -0.2) is 17.2 Å². The number of nitrogens with one attached hydrogen (secondary N) is 1. The Balaban J connectivity index is 2.75. The molecule has 1 aromatic rings. The predicted octanol–water partition coefficient (Wildman–Crippen LogP) is 3.73. The summed E-state index contributed by atoms with van der Waals surface area (Å²) in [5, 5.41) is 3.03. The zero-order valence-corrected chi connectivity index (χ0v) is 11.1. The number of hydrogen-bond acceptors (Lipinski definition) is 2. The molecule has 0 saturated heterocycles. The third-order valence-electron chi connectivity index (χ3n) is 2.19. The first-order valence-electron chi connectivity index (χ1n) is 5.11. The summed E-state index contributed by atoms with van der Waals surface area (Å²) in [6.45, 7) is 1.45. The fourth-order valence-corrected chi connectivity index (χ4v) is 2.00. The number of alkyl halides is 3. The van der Waals surface area contributed by atoms with Crippen LogP contribution < -0.4 is 11.1 Å². The first-order valence-corrected chi connectivity index (χ1v) is 5.90. The molecule has 1 atom stereocenters. The molecule has 0 aliphatic rings. The Kier molecular flexibility index (Phi) is 4.81. The van der Waals surface area contributed by atoms with Gasteiger partial charge in [-0.2, -0.15) is 13.2 Å². The van der Waals surface area contributed by atoms with Gasteiger partial charge in [-0.3, -0.25) is 0 Å². The number of nitrogens with two attached hydrogens (primary N) is 1. The molecule has 0 bridgehead atoms. The zero-order valence-electron chi connectivity index (χ0n) is 9.51. The Morgan fingerprint density at radius 3 is 2.56 bits per heavy atom. The van der Waals surface area contributed by atoms with Crippen molar-refractivity contribution in [1.29, 1.82) is 0 Å². The number of hydrogen-bond donors (Lipinski definition) is 2. The van der Waals surface area contributed by atoms with E-state index in [9.17, 15) is 13.2 Å². The number of anilines is 1. The highest BCUT2D eigenvalue weighted by atomic mass is 35.5. The van der Waals surface area contributed by atoms with Gasteiger partial charge >= 0.3 is 6.18 Å². The van der Waals surface area contributed by atoms with Gasteiger partial charge in [0, 0.05) is 17.3 Å². The van der Waals surface area contributed by atoms with E-state index in [0.29, 0.717) is 16.3 Å². The van der Waals surface area contributed by atoms with Crippen LogP contribution in [0, 0.1) is 0 Å². The Bertz CT molecular complexity index is 448. The minimum absolute atomic E-state index is 0.148. The maximum atomic E-state index is 12.2. The monoisotopic (exact) mass is 296 g/mol. The van der Waals surface area contributed by atoms with E-state index in [1.54, 1.807) is 12.1 Å². The summed E-state index contributed by atoms with van der Waals surface area (Å²) in [6.07, 6.45) is -5.11. The summed E-state index contributed by atoms with van der Waals surface area (Å²) in [4.78, 5) is 0.148. The molecular formula is C11H12ClF3N2S. The van der Waals surface area contributed by atoms with Crippen LogP contribution in [0.5, 0.6) is 0 Å². The third-order valence-corrected chi connectivity index (χ3v) is 2.72. The molecule has 0 heterocycles.